The molecule has 0 aromatic heterocycles. The normalized spacial score (nSPS) is 33.6. The van der Waals surface area contributed by atoms with E-state index in [2.05, 4.69) is 243 Å². The molecule has 0 saturated carbocycles. The minimum absolute atomic E-state index is 0.386. The van der Waals surface area contributed by atoms with Gasteiger partial charge in [-0.25, -0.2) is 0 Å². The van der Waals surface area contributed by atoms with Crippen LogP contribution < -0.4 is 41.5 Å². The van der Waals surface area contributed by atoms with E-state index in [0.29, 0.717) is 22.7 Å². The van der Waals surface area contributed by atoms with Gasteiger partial charge in [0.15, 0.2) is 0 Å². The van der Waals surface area contributed by atoms with Crippen molar-refractivity contribution in [3.05, 3.63) is 243 Å². The summed E-state index contributed by atoms with van der Waals surface area (Å²) in [7, 11) is -31.4. The highest BCUT2D eigenvalue weighted by atomic mass is 28.6. The molecule has 6 aliphatic heterocycles. The maximum absolute atomic E-state index is 8.71. The van der Waals surface area contributed by atoms with Crippen molar-refractivity contribution in [2.75, 3.05) is 0 Å². The van der Waals surface area contributed by atoms with Crippen LogP contribution in [0.3, 0.4) is 0 Å². The van der Waals surface area contributed by atoms with Crippen LogP contribution in [0.25, 0.3) is 0 Å². The van der Waals surface area contributed by atoms with Crippen molar-refractivity contribution in [3.8, 4) is 0 Å². The van der Waals surface area contributed by atoms with E-state index in [1.165, 1.54) is 0 Å². The summed E-state index contributed by atoms with van der Waals surface area (Å²) in [6.45, 7) is 0. The quantitative estimate of drug-likeness (QED) is 0.194. The lowest BCUT2D eigenvalue weighted by molar-refractivity contribution is 0.195. The van der Waals surface area contributed by atoms with Crippen molar-refractivity contribution in [2.45, 2.75) is 22.7 Å². The van der Waals surface area contributed by atoms with E-state index in [9.17, 15) is 0 Å². The first-order chi connectivity index (χ1) is 33.3. The molecule has 8 nitrogen and oxygen atoms in total. The van der Waals surface area contributed by atoms with Crippen LogP contribution in [0.1, 0.15) is 0 Å². The number of hydrogen-bond acceptors (Lipinski definition) is 8. The molecule has 6 heterocycles. The van der Waals surface area contributed by atoms with Gasteiger partial charge in [-0.05, 0) is 41.5 Å². The lowest BCUT2D eigenvalue weighted by Crippen LogP contribution is -2.93. The minimum Gasteiger partial charge on any atom is -0.409 e. The van der Waals surface area contributed by atoms with Crippen LogP contribution in [0.4, 0.5) is 0 Å². The van der Waals surface area contributed by atoms with Gasteiger partial charge < -0.3 is 32.9 Å². The molecule has 0 unspecified atom stereocenters. The number of hydrogen-bond donors (Lipinski definition) is 0. The average Bonchev–Trinajstić information content (AvgIpc) is 3.38. The Morgan fingerprint density at radius 1 is 0.162 bits per heavy atom. The third-order valence-corrected chi connectivity index (χ3v) is 59.9. The van der Waals surface area contributed by atoms with Crippen molar-refractivity contribution in [2.24, 2.45) is 0 Å². The Morgan fingerprint density at radius 2 is 0.265 bits per heavy atom. The first kappa shape index (κ1) is 43.2. The second-order valence-corrected chi connectivity index (χ2v) is 47.3. The van der Waals surface area contributed by atoms with E-state index in [0.717, 1.165) is 41.5 Å². The van der Waals surface area contributed by atoms with E-state index < -0.39 is 68.5 Å². The molecule has 0 radical (unpaired) electrons. The van der Waals surface area contributed by atoms with Gasteiger partial charge in [-0.2, -0.15) is 0 Å². The smallest absolute Gasteiger partial charge is 0.357 e. The molecule has 0 atom stereocenters. The highest BCUT2D eigenvalue weighted by Gasteiger charge is 2.81. The van der Waals surface area contributed by atoms with Crippen molar-refractivity contribution >= 4 is 110 Å². The molecule has 0 amide bonds. The van der Waals surface area contributed by atoms with Crippen molar-refractivity contribution < 1.29 is 32.9 Å². The van der Waals surface area contributed by atoms with Gasteiger partial charge >= 0.3 is 68.5 Å². The zero-order chi connectivity index (χ0) is 45.4. The summed E-state index contributed by atoms with van der Waals surface area (Å²) in [4.78, 5) is 0. The fourth-order valence-electron chi connectivity index (χ4n) is 11.4. The second kappa shape index (κ2) is 16.4. The highest BCUT2D eigenvalue weighted by Crippen LogP contribution is 2.52. The second-order valence-electron chi connectivity index (χ2n) is 18.5. The third kappa shape index (κ3) is 6.90. The highest BCUT2D eigenvalue weighted by molar-refractivity contribution is 7.23. The van der Waals surface area contributed by atoms with Gasteiger partial charge in [0.25, 0.3) is 0 Å². The van der Waals surface area contributed by atoms with Crippen molar-refractivity contribution in [3.63, 3.8) is 0 Å². The molecule has 336 valence electrons. The molecule has 8 bridgehead atoms. The van der Waals surface area contributed by atoms with E-state index in [1.807, 2.05) is 0 Å². The van der Waals surface area contributed by atoms with Crippen molar-refractivity contribution in [1.82, 2.24) is 0 Å². The molecule has 6 saturated heterocycles. The van der Waals surface area contributed by atoms with Crippen LogP contribution in [-0.4, -0.2) is 68.5 Å². The van der Waals surface area contributed by atoms with Gasteiger partial charge in [0.2, 0.25) is 0 Å². The molecule has 8 aromatic rings. The van der Waals surface area contributed by atoms with E-state index in [-0.39, 0.29) is 0 Å². The molecular weight excluding hydrogens is 977 g/mol. The summed E-state index contributed by atoms with van der Waals surface area (Å²) in [5.41, 5.74) is 1.54. The monoisotopic (exact) mass is 1020 g/mol. The first-order valence-electron chi connectivity index (χ1n) is 23.4. The Kier molecular flexibility index (Phi) is 10.4. The molecule has 0 aliphatic carbocycles. The van der Waals surface area contributed by atoms with Gasteiger partial charge in [0, 0.05) is 22.7 Å². The van der Waals surface area contributed by atoms with Crippen LogP contribution in [0, 0.1) is 0 Å². The van der Waals surface area contributed by atoms with Crippen LogP contribution in [0.2, 0.25) is 22.7 Å². The summed E-state index contributed by atoms with van der Waals surface area (Å²) < 4.78 is 69.5. The van der Waals surface area contributed by atoms with E-state index in [4.69, 9.17) is 32.9 Å². The Morgan fingerprint density at radius 3 is 0.368 bits per heavy atom. The molecule has 14 rings (SSSR count). The Bertz CT molecular complexity index is 2370. The molecule has 6 fully saturated rings. The fourth-order valence-corrected chi connectivity index (χ4v) is 77.3. The zero-order valence-corrected chi connectivity index (χ0v) is 45.2. The van der Waals surface area contributed by atoms with Gasteiger partial charge in [0.05, 0.1) is 0 Å². The maximum Gasteiger partial charge on any atom is 0.357 e. The van der Waals surface area contributed by atoms with E-state index in [1.54, 1.807) is 0 Å². The molecule has 6 aliphatic rings. The molecule has 68 heavy (non-hydrogen) atoms. The van der Waals surface area contributed by atoms with Gasteiger partial charge in [0.1, 0.15) is 0 Å². The maximum atomic E-state index is 8.71. The summed E-state index contributed by atoms with van der Waals surface area (Å²) in [6.07, 6.45) is 0. The largest absolute Gasteiger partial charge is 0.409 e. The lowest BCUT2D eigenvalue weighted by atomic mass is 10.4. The van der Waals surface area contributed by atoms with Crippen LogP contribution in [-0.2, 0) is 32.9 Å². The van der Waals surface area contributed by atoms with Crippen LogP contribution in [0.15, 0.2) is 243 Å². The first-order valence-corrected chi connectivity index (χ1v) is 39.6. The lowest BCUT2D eigenvalue weighted by Gasteiger charge is -2.65. The molecule has 16 heteroatoms. The van der Waals surface area contributed by atoms with Gasteiger partial charge in [-0.3, -0.25) is 0 Å². The topological polar surface area (TPSA) is 73.8 Å². The Balaban J connectivity index is 1.26. The predicted molar refractivity (Wildman–Crippen MR) is 283 cm³/mol. The molecule has 8 aromatic carbocycles. The summed E-state index contributed by atoms with van der Waals surface area (Å²) >= 11 is 0. The Labute approximate surface area is 405 Å². The molecule has 0 spiro atoms. The zero-order valence-electron chi connectivity index (χ0n) is 37.2. The molecule has 0 N–H and O–H groups in total. The predicted octanol–water partition coefficient (Wildman–Crippen LogP) is 5.14. The average molecular weight is 1030 g/mol. The standard InChI is InChI=1S/C52H48O8Si8/c1-9-25-45(26-10-1)61-41-62(46-27-11-2-12-28-46)54-65(49-33-17-5-18-34-49)42-63(53-61,47-29-13-3-14-30-47)59-66(50-35-19-6-20-36-50)43-64(57-61,48-31-15-4-16-32-48)55-67(58-62,51-37-21-7-22-38-51)44-68(56-66,60-65)52-39-23-8-24-40-52/h1-40H,41-44H2. The number of rotatable bonds is 8. The van der Waals surface area contributed by atoms with Gasteiger partial charge in [-0.15, -0.1) is 0 Å². The van der Waals surface area contributed by atoms with Gasteiger partial charge in [-0.1, -0.05) is 243 Å². The Hall–Kier alpha value is -4.82. The summed E-state index contributed by atoms with van der Waals surface area (Å²) in [5, 5.41) is 7.95. The van der Waals surface area contributed by atoms with Crippen LogP contribution >= 0.6 is 0 Å². The SMILES string of the molecule is c1ccc([Si]23C[Si]4(c5ccccc5)O[Si]5(c6ccccc6)C[Si]6(c7ccccc7)O[Si](c7ccccc7)(C[Si](c7ccccc7)(O2)O5)O[Si](c2ccccc2)(C[Si](c2ccccc2)(O4)O6)O3)cc1. The number of benzene rings is 8. The van der Waals surface area contributed by atoms with E-state index >= 15 is 0 Å². The summed E-state index contributed by atoms with van der Waals surface area (Å²) in [5.74, 6) is 0. The third-order valence-electron chi connectivity index (χ3n) is 14.2. The van der Waals surface area contributed by atoms with Crippen LogP contribution in [0.5, 0.6) is 0 Å². The molecular formula is C52H48O8Si8. The summed E-state index contributed by atoms with van der Waals surface area (Å²) in [6, 6.07) is 85.3. The fraction of sp³-hybridized carbons (Fsp3) is 0.0769. The minimum atomic E-state index is -3.93. The van der Waals surface area contributed by atoms with Crippen molar-refractivity contribution in [1.29, 1.82) is 0 Å².